The third-order valence-corrected chi connectivity index (χ3v) is 4.20. The fourth-order valence-electron chi connectivity index (χ4n) is 1.22. The van der Waals surface area contributed by atoms with Crippen molar-refractivity contribution in [1.29, 1.82) is 0 Å². The number of aromatic amines is 1. The fourth-order valence-corrected chi connectivity index (χ4v) is 3.04. The van der Waals surface area contributed by atoms with Gasteiger partial charge in [-0.1, -0.05) is 0 Å². The van der Waals surface area contributed by atoms with E-state index in [1.165, 1.54) is 0 Å². The second kappa shape index (κ2) is 3.90. The van der Waals surface area contributed by atoms with Gasteiger partial charge in [-0.25, -0.2) is 4.79 Å². The van der Waals surface area contributed by atoms with Crippen molar-refractivity contribution in [3.63, 3.8) is 0 Å². The zero-order valence-electron chi connectivity index (χ0n) is 7.46. The third kappa shape index (κ3) is 1.54. The lowest BCUT2D eigenvalue weighted by Crippen LogP contribution is -2.06. The summed E-state index contributed by atoms with van der Waals surface area (Å²) in [6.07, 6.45) is 0. The first-order valence-corrected chi connectivity index (χ1v) is 6.11. The number of carbonyl (C=O) groups excluding carboxylic acids is 1. The van der Waals surface area contributed by atoms with E-state index in [2.05, 4.69) is 27.6 Å². The van der Waals surface area contributed by atoms with Crippen LogP contribution in [0.1, 0.15) is 17.4 Å². The van der Waals surface area contributed by atoms with Crippen molar-refractivity contribution in [3.8, 4) is 0 Å². The van der Waals surface area contributed by atoms with Crippen LogP contribution in [0.15, 0.2) is 11.4 Å². The third-order valence-electron chi connectivity index (χ3n) is 1.82. The van der Waals surface area contributed by atoms with Gasteiger partial charge in [0.15, 0.2) is 0 Å². The van der Waals surface area contributed by atoms with Crippen LogP contribution in [0.25, 0.3) is 10.2 Å². The number of esters is 1. The molecular formula is C9H8INO2S. The van der Waals surface area contributed by atoms with E-state index >= 15 is 0 Å². The average Bonchev–Trinajstić information content (AvgIpc) is 2.69. The number of ether oxygens (including phenoxy) is 1. The molecule has 0 unspecified atom stereocenters. The van der Waals surface area contributed by atoms with Gasteiger partial charge in [0.2, 0.25) is 0 Å². The van der Waals surface area contributed by atoms with Crippen molar-refractivity contribution >= 4 is 50.1 Å². The van der Waals surface area contributed by atoms with Gasteiger partial charge in [-0.2, -0.15) is 0 Å². The molecule has 5 heteroatoms. The molecule has 0 fully saturated rings. The van der Waals surface area contributed by atoms with E-state index in [0.717, 1.165) is 13.8 Å². The Morgan fingerprint density at radius 2 is 2.50 bits per heavy atom. The smallest absolute Gasteiger partial charge is 0.355 e. The first-order valence-electron chi connectivity index (χ1n) is 4.15. The molecule has 0 radical (unpaired) electrons. The van der Waals surface area contributed by atoms with Gasteiger partial charge in [0, 0.05) is 0 Å². The van der Waals surface area contributed by atoms with Gasteiger partial charge in [-0.3, -0.25) is 0 Å². The number of nitrogens with one attached hydrogen (secondary N) is 1. The summed E-state index contributed by atoms with van der Waals surface area (Å²) >= 11 is 3.79. The van der Waals surface area contributed by atoms with E-state index < -0.39 is 0 Å². The van der Waals surface area contributed by atoms with Crippen LogP contribution in [-0.2, 0) is 4.74 Å². The number of fused-ring (bicyclic) bond motifs is 1. The summed E-state index contributed by atoms with van der Waals surface area (Å²) in [6.45, 7) is 2.21. The minimum absolute atomic E-state index is 0.277. The van der Waals surface area contributed by atoms with Crippen LogP contribution in [0.3, 0.4) is 0 Å². The minimum atomic E-state index is -0.277. The summed E-state index contributed by atoms with van der Waals surface area (Å²) in [5.41, 5.74) is 1.57. The summed E-state index contributed by atoms with van der Waals surface area (Å²) in [7, 11) is 0. The Balaban J connectivity index is 2.47. The lowest BCUT2D eigenvalue weighted by atomic mass is 10.4. The summed E-state index contributed by atoms with van der Waals surface area (Å²) in [5, 5.41) is 2.00. The van der Waals surface area contributed by atoms with Gasteiger partial charge < -0.3 is 9.72 Å². The van der Waals surface area contributed by atoms with E-state index in [1.54, 1.807) is 18.3 Å². The largest absolute Gasteiger partial charge is 0.461 e. The Labute approximate surface area is 98.6 Å². The maximum Gasteiger partial charge on any atom is 0.355 e. The molecule has 2 rings (SSSR count). The first kappa shape index (κ1) is 9.97. The minimum Gasteiger partial charge on any atom is -0.461 e. The van der Waals surface area contributed by atoms with Crippen LogP contribution in [0, 0.1) is 3.57 Å². The molecule has 0 bridgehead atoms. The summed E-state index contributed by atoms with van der Waals surface area (Å²) in [6, 6.07) is 1.96. The number of aromatic nitrogens is 1. The van der Waals surface area contributed by atoms with E-state index in [9.17, 15) is 4.79 Å². The van der Waals surface area contributed by atoms with Crippen molar-refractivity contribution in [2.75, 3.05) is 6.61 Å². The molecule has 2 heterocycles. The lowest BCUT2D eigenvalue weighted by Gasteiger charge is -1.98. The molecule has 74 valence electrons. The highest BCUT2D eigenvalue weighted by Crippen LogP contribution is 2.29. The van der Waals surface area contributed by atoms with Crippen molar-refractivity contribution in [1.82, 2.24) is 4.98 Å². The second-order valence-corrected chi connectivity index (χ2v) is 4.69. The van der Waals surface area contributed by atoms with Gasteiger partial charge in [-0.15, -0.1) is 11.3 Å². The number of halogens is 1. The van der Waals surface area contributed by atoms with Gasteiger partial charge in [0.05, 0.1) is 20.4 Å². The molecule has 0 aliphatic rings. The lowest BCUT2D eigenvalue weighted by molar-refractivity contribution is 0.0519. The van der Waals surface area contributed by atoms with Crippen LogP contribution in [0.5, 0.6) is 0 Å². The highest BCUT2D eigenvalue weighted by atomic mass is 127. The Kier molecular flexibility index (Phi) is 2.78. The zero-order valence-corrected chi connectivity index (χ0v) is 10.4. The predicted octanol–water partition coefficient (Wildman–Crippen LogP) is 3.01. The van der Waals surface area contributed by atoms with Gasteiger partial charge in [0.1, 0.15) is 5.69 Å². The van der Waals surface area contributed by atoms with Crippen molar-refractivity contribution in [3.05, 3.63) is 20.7 Å². The number of H-pyrrole nitrogens is 1. The maximum absolute atomic E-state index is 11.5. The summed E-state index contributed by atoms with van der Waals surface area (Å²) in [5.74, 6) is -0.277. The SMILES string of the molecule is CCOC(=O)c1[nH]c2ccsc2c1I. The summed E-state index contributed by atoms with van der Waals surface area (Å²) < 4.78 is 7.01. The molecule has 0 amide bonds. The Morgan fingerprint density at radius 1 is 1.71 bits per heavy atom. The molecular weight excluding hydrogens is 313 g/mol. The normalized spacial score (nSPS) is 10.7. The van der Waals surface area contributed by atoms with Gasteiger partial charge in [0.25, 0.3) is 0 Å². The molecule has 0 aromatic carbocycles. The van der Waals surface area contributed by atoms with Crippen molar-refractivity contribution in [2.45, 2.75) is 6.92 Å². The highest BCUT2D eigenvalue weighted by Gasteiger charge is 2.17. The topological polar surface area (TPSA) is 42.1 Å². The van der Waals surface area contributed by atoms with Gasteiger partial charge >= 0.3 is 5.97 Å². The molecule has 0 saturated heterocycles. The number of hydrogen-bond acceptors (Lipinski definition) is 3. The Hall–Kier alpha value is -0.560. The molecule has 2 aromatic heterocycles. The maximum atomic E-state index is 11.5. The van der Waals surface area contributed by atoms with Crippen LogP contribution in [-0.4, -0.2) is 17.6 Å². The van der Waals surface area contributed by atoms with E-state index in [4.69, 9.17) is 4.74 Å². The van der Waals surface area contributed by atoms with Crippen molar-refractivity contribution in [2.24, 2.45) is 0 Å². The quantitative estimate of drug-likeness (QED) is 0.682. The van der Waals surface area contributed by atoms with Crippen LogP contribution >= 0.6 is 33.9 Å². The Bertz CT molecular complexity index is 474. The standard InChI is InChI=1S/C9H8INO2S/c1-2-13-9(12)7-6(10)8-5(11-7)3-4-14-8/h3-4,11H,2H2,1H3. The van der Waals surface area contributed by atoms with E-state index in [1.807, 2.05) is 11.4 Å². The predicted molar refractivity (Wildman–Crippen MR) is 64.8 cm³/mol. The van der Waals surface area contributed by atoms with E-state index in [0.29, 0.717) is 12.3 Å². The molecule has 0 spiro atoms. The van der Waals surface area contributed by atoms with Crippen LogP contribution < -0.4 is 0 Å². The van der Waals surface area contributed by atoms with Gasteiger partial charge in [-0.05, 0) is 41.0 Å². The first-order chi connectivity index (χ1) is 6.74. The molecule has 0 aliphatic carbocycles. The number of hydrogen-bond donors (Lipinski definition) is 1. The highest BCUT2D eigenvalue weighted by molar-refractivity contribution is 14.1. The van der Waals surface area contributed by atoms with E-state index in [-0.39, 0.29) is 5.97 Å². The van der Waals surface area contributed by atoms with Crippen LogP contribution in [0.2, 0.25) is 0 Å². The number of rotatable bonds is 2. The number of thiophene rings is 1. The molecule has 2 aromatic rings. The molecule has 0 saturated carbocycles. The zero-order chi connectivity index (χ0) is 10.1. The second-order valence-electron chi connectivity index (χ2n) is 2.70. The average molecular weight is 321 g/mol. The molecule has 0 aliphatic heterocycles. The molecule has 3 nitrogen and oxygen atoms in total. The number of carbonyl (C=O) groups is 1. The molecule has 14 heavy (non-hydrogen) atoms. The Morgan fingerprint density at radius 3 is 3.14 bits per heavy atom. The van der Waals surface area contributed by atoms with Crippen LogP contribution in [0.4, 0.5) is 0 Å². The summed E-state index contributed by atoms with van der Waals surface area (Å²) in [4.78, 5) is 14.5. The molecule has 0 atom stereocenters. The molecule has 1 N–H and O–H groups in total. The fraction of sp³-hybridized carbons (Fsp3) is 0.222. The monoisotopic (exact) mass is 321 g/mol. The van der Waals surface area contributed by atoms with Crippen molar-refractivity contribution < 1.29 is 9.53 Å².